The van der Waals surface area contributed by atoms with Crippen LogP contribution in [0.5, 0.6) is 0 Å². The molecule has 0 atom stereocenters. The van der Waals surface area contributed by atoms with Gasteiger partial charge in [0.2, 0.25) is 5.91 Å². The predicted molar refractivity (Wildman–Crippen MR) is 69.1 cm³/mol. The third-order valence-electron chi connectivity index (χ3n) is 1.91. The smallest absolute Gasteiger partial charge is 0.224 e. The van der Waals surface area contributed by atoms with Gasteiger partial charge in [-0.05, 0) is 24.8 Å². The zero-order valence-corrected chi connectivity index (χ0v) is 11.3. The third kappa shape index (κ3) is 3.64. The Bertz CT molecular complexity index is 363. The van der Waals surface area contributed by atoms with Crippen LogP contribution < -0.4 is 5.32 Å². The molecule has 0 unspecified atom stereocenters. The molecule has 1 rings (SSSR count). The maximum Gasteiger partial charge on any atom is 0.224 e. The minimum absolute atomic E-state index is 0.0207. The van der Waals surface area contributed by atoms with Gasteiger partial charge in [-0.15, -0.1) is 11.3 Å². The highest BCUT2D eigenvalue weighted by Crippen LogP contribution is 2.36. The first-order valence-electron chi connectivity index (χ1n) is 5.17. The summed E-state index contributed by atoms with van der Waals surface area (Å²) in [7, 11) is 0. The van der Waals surface area contributed by atoms with E-state index in [1.165, 1.54) is 23.1 Å². The third-order valence-corrected chi connectivity index (χ3v) is 4.06. The molecular formula is C11H15NO2S2. The van der Waals surface area contributed by atoms with Gasteiger partial charge in [0.15, 0.2) is 5.12 Å². The predicted octanol–water partition coefficient (Wildman–Crippen LogP) is 3.43. The van der Waals surface area contributed by atoms with Crippen molar-refractivity contribution in [2.24, 2.45) is 0 Å². The van der Waals surface area contributed by atoms with Gasteiger partial charge in [0.1, 0.15) is 5.00 Å². The Morgan fingerprint density at radius 3 is 2.62 bits per heavy atom. The Hall–Kier alpha value is -0.810. The molecule has 5 heteroatoms. The van der Waals surface area contributed by atoms with Crippen molar-refractivity contribution in [3.05, 3.63) is 10.9 Å². The van der Waals surface area contributed by atoms with E-state index in [-0.39, 0.29) is 11.0 Å². The summed E-state index contributed by atoms with van der Waals surface area (Å²) in [5, 5.41) is 3.72. The van der Waals surface area contributed by atoms with Gasteiger partial charge in [-0.3, -0.25) is 9.59 Å². The standard InChI is InChI=1S/C11H15NO2S2/c1-4-9(13)12-11-8(6-7(3)15-11)16-10(14)5-2/h6H,4-5H2,1-3H3,(H,12,13). The SMILES string of the molecule is CCC(=O)Nc1sc(C)cc1SC(=O)CC. The first kappa shape index (κ1) is 13.3. The van der Waals surface area contributed by atoms with Gasteiger partial charge in [-0.1, -0.05) is 13.8 Å². The van der Waals surface area contributed by atoms with E-state index in [9.17, 15) is 9.59 Å². The average Bonchev–Trinajstić information content (AvgIpc) is 2.58. The van der Waals surface area contributed by atoms with Crippen molar-refractivity contribution >= 4 is 39.1 Å². The first-order valence-corrected chi connectivity index (χ1v) is 6.81. The molecule has 0 spiro atoms. The van der Waals surface area contributed by atoms with Gasteiger partial charge in [0.25, 0.3) is 0 Å². The fourth-order valence-corrected chi connectivity index (χ4v) is 2.98. The minimum atomic E-state index is -0.0207. The van der Waals surface area contributed by atoms with Crippen molar-refractivity contribution in [3.63, 3.8) is 0 Å². The molecule has 1 N–H and O–H groups in total. The van der Waals surface area contributed by atoms with E-state index in [1.54, 1.807) is 6.92 Å². The van der Waals surface area contributed by atoms with Gasteiger partial charge in [0.05, 0.1) is 4.90 Å². The highest BCUT2D eigenvalue weighted by molar-refractivity contribution is 8.13. The number of anilines is 1. The molecule has 0 aliphatic carbocycles. The number of rotatable bonds is 4. The normalized spacial score (nSPS) is 10.2. The molecule has 0 aliphatic rings. The summed E-state index contributed by atoms with van der Waals surface area (Å²) >= 11 is 2.71. The maximum absolute atomic E-state index is 11.4. The lowest BCUT2D eigenvalue weighted by Crippen LogP contribution is -2.08. The van der Waals surface area contributed by atoms with E-state index in [2.05, 4.69) is 5.32 Å². The lowest BCUT2D eigenvalue weighted by molar-refractivity contribution is -0.116. The Kier molecular flexibility index (Phi) is 5.02. The molecule has 0 aliphatic heterocycles. The van der Waals surface area contributed by atoms with Gasteiger partial charge >= 0.3 is 0 Å². The number of nitrogens with one attached hydrogen (secondary N) is 1. The largest absolute Gasteiger partial charge is 0.317 e. The molecule has 0 bridgehead atoms. The van der Waals surface area contributed by atoms with Crippen LogP contribution in [0.2, 0.25) is 0 Å². The van der Waals surface area contributed by atoms with Crippen LogP contribution in [0.25, 0.3) is 0 Å². The second-order valence-electron chi connectivity index (χ2n) is 3.28. The molecule has 0 radical (unpaired) electrons. The molecule has 1 amide bonds. The van der Waals surface area contributed by atoms with Crippen LogP contribution in [0.3, 0.4) is 0 Å². The van der Waals surface area contributed by atoms with Crippen LogP contribution >= 0.6 is 23.1 Å². The number of aryl methyl sites for hydroxylation is 1. The number of carbonyl (C=O) groups is 2. The van der Waals surface area contributed by atoms with Gasteiger partial charge in [-0.2, -0.15) is 0 Å². The fraction of sp³-hybridized carbons (Fsp3) is 0.455. The summed E-state index contributed by atoms with van der Waals surface area (Å²) in [5.74, 6) is -0.0207. The van der Waals surface area contributed by atoms with Crippen LogP contribution in [0, 0.1) is 6.92 Å². The Morgan fingerprint density at radius 2 is 2.06 bits per heavy atom. The molecule has 0 aromatic carbocycles. The number of amides is 1. The molecule has 1 heterocycles. The van der Waals surface area contributed by atoms with E-state index in [1.807, 2.05) is 19.9 Å². The van der Waals surface area contributed by atoms with Crippen molar-refractivity contribution < 1.29 is 9.59 Å². The van der Waals surface area contributed by atoms with Crippen molar-refractivity contribution in [3.8, 4) is 0 Å². The van der Waals surface area contributed by atoms with Crippen LogP contribution in [0.4, 0.5) is 5.00 Å². The van der Waals surface area contributed by atoms with E-state index >= 15 is 0 Å². The van der Waals surface area contributed by atoms with Crippen LogP contribution in [0.1, 0.15) is 31.6 Å². The summed E-state index contributed by atoms with van der Waals surface area (Å²) in [4.78, 5) is 24.6. The second kappa shape index (κ2) is 6.06. The van der Waals surface area contributed by atoms with E-state index in [4.69, 9.17) is 0 Å². The van der Waals surface area contributed by atoms with Crippen LogP contribution in [-0.2, 0) is 9.59 Å². The highest BCUT2D eigenvalue weighted by Gasteiger charge is 2.12. The molecule has 1 aromatic rings. The number of thiophene rings is 1. The Labute approximate surface area is 104 Å². The minimum Gasteiger partial charge on any atom is -0.317 e. The lowest BCUT2D eigenvalue weighted by atomic mass is 10.4. The maximum atomic E-state index is 11.4. The monoisotopic (exact) mass is 257 g/mol. The number of carbonyl (C=O) groups excluding carboxylic acids is 2. The number of hydrogen-bond donors (Lipinski definition) is 1. The Balaban J connectivity index is 2.82. The zero-order valence-electron chi connectivity index (χ0n) is 9.62. The summed E-state index contributed by atoms with van der Waals surface area (Å²) in [5.41, 5.74) is 0. The van der Waals surface area contributed by atoms with Crippen molar-refractivity contribution in [1.29, 1.82) is 0 Å². The number of hydrogen-bond acceptors (Lipinski definition) is 4. The summed E-state index contributed by atoms with van der Waals surface area (Å²) < 4.78 is 0. The quantitative estimate of drug-likeness (QED) is 0.840. The Morgan fingerprint density at radius 1 is 1.38 bits per heavy atom. The molecular weight excluding hydrogens is 242 g/mol. The summed E-state index contributed by atoms with van der Waals surface area (Å²) in [6.07, 6.45) is 0.948. The molecule has 0 saturated carbocycles. The van der Waals surface area contributed by atoms with E-state index in [0.717, 1.165) is 14.8 Å². The van der Waals surface area contributed by atoms with Gasteiger partial charge in [-0.25, -0.2) is 0 Å². The van der Waals surface area contributed by atoms with E-state index < -0.39 is 0 Å². The van der Waals surface area contributed by atoms with Gasteiger partial charge in [0, 0.05) is 17.7 Å². The molecule has 0 fully saturated rings. The van der Waals surface area contributed by atoms with Crippen molar-refractivity contribution in [1.82, 2.24) is 0 Å². The first-order chi connectivity index (χ1) is 7.56. The van der Waals surface area contributed by atoms with Crippen molar-refractivity contribution in [2.75, 3.05) is 5.32 Å². The van der Waals surface area contributed by atoms with Crippen LogP contribution in [0.15, 0.2) is 11.0 Å². The summed E-state index contributed by atoms with van der Waals surface area (Å²) in [6, 6.07) is 1.94. The zero-order chi connectivity index (χ0) is 12.1. The van der Waals surface area contributed by atoms with Gasteiger partial charge < -0.3 is 5.32 Å². The second-order valence-corrected chi connectivity index (χ2v) is 5.64. The summed E-state index contributed by atoms with van der Waals surface area (Å²) in [6.45, 7) is 5.60. The molecule has 16 heavy (non-hydrogen) atoms. The topological polar surface area (TPSA) is 46.2 Å². The van der Waals surface area contributed by atoms with Crippen molar-refractivity contribution in [2.45, 2.75) is 38.5 Å². The molecule has 0 saturated heterocycles. The lowest BCUT2D eigenvalue weighted by Gasteiger charge is -2.03. The average molecular weight is 257 g/mol. The fourth-order valence-electron chi connectivity index (χ4n) is 1.06. The highest BCUT2D eigenvalue weighted by atomic mass is 32.2. The van der Waals surface area contributed by atoms with E-state index in [0.29, 0.717) is 12.8 Å². The van der Waals surface area contributed by atoms with Crippen LogP contribution in [-0.4, -0.2) is 11.0 Å². The molecule has 3 nitrogen and oxygen atoms in total. The number of thioether (sulfide) groups is 1. The molecule has 88 valence electrons. The molecule has 1 aromatic heterocycles.